The molecule has 2 aromatic rings. The Morgan fingerprint density at radius 1 is 1.11 bits per heavy atom. The molecule has 148 valence electrons. The van der Waals surface area contributed by atoms with Crippen molar-refractivity contribution in [1.29, 1.82) is 0 Å². The van der Waals surface area contributed by atoms with Crippen LogP contribution in [0.4, 0.5) is 15.8 Å². The molecule has 3 rings (SSSR count). The molecule has 0 amide bonds. The molecule has 1 saturated heterocycles. The second-order valence-electron chi connectivity index (χ2n) is 6.64. The van der Waals surface area contributed by atoms with Crippen molar-refractivity contribution >= 4 is 34.7 Å². The van der Waals surface area contributed by atoms with Crippen LogP contribution in [0.1, 0.15) is 30.1 Å². The number of carbonyl (C=O) groups excluding carboxylic acids is 1. The molecule has 2 N–H and O–H groups in total. The highest BCUT2D eigenvalue weighted by Gasteiger charge is 2.21. The second-order valence-corrected chi connectivity index (χ2v) is 7.03. The Morgan fingerprint density at radius 3 is 2.32 bits per heavy atom. The summed E-state index contributed by atoms with van der Waals surface area (Å²) in [4.78, 5) is 13.8. The molecule has 0 spiro atoms. The number of hydrogen-bond acceptors (Lipinski definition) is 4. The molecule has 0 radical (unpaired) electrons. The topological polar surface area (TPSA) is 53.6 Å². The minimum absolute atomic E-state index is 0.230. The van der Waals surface area contributed by atoms with Crippen molar-refractivity contribution in [2.24, 2.45) is 0 Å². The average molecular weight is 402 g/mol. The number of thiocarbonyl (C=S) groups is 1. The number of likely N-dealkylation sites (tertiary alicyclic amines) is 1. The molecule has 5 nitrogen and oxygen atoms in total. The van der Waals surface area contributed by atoms with E-state index in [1.165, 1.54) is 12.1 Å². The number of esters is 1. The highest BCUT2D eigenvalue weighted by Crippen LogP contribution is 2.18. The first kappa shape index (κ1) is 20.1. The summed E-state index contributed by atoms with van der Waals surface area (Å²) >= 11 is 5.53. The van der Waals surface area contributed by atoms with Crippen LogP contribution in [-0.2, 0) is 4.74 Å². The van der Waals surface area contributed by atoms with E-state index >= 15 is 0 Å². The zero-order valence-corrected chi connectivity index (χ0v) is 16.6. The zero-order valence-electron chi connectivity index (χ0n) is 15.8. The number of carbonyl (C=O) groups is 1. The summed E-state index contributed by atoms with van der Waals surface area (Å²) < 4.78 is 18.0. The predicted molar refractivity (Wildman–Crippen MR) is 113 cm³/mol. The van der Waals surface area contributed by atoms with Crippen LogP contribution in [-0.4, -0.2) is 41.7 Å². The van der Waals surface area contributed by atoms with Crippen LogP contribution in [0.25, 0.3) is 0 Å². The van der Waals surface area contributed by atoms with Gasteiger partial charge in [-0.2, -0.15) is 0 Å². The molecule has 1 aliphatic heterocycles. The van der Waals surface area contributed by atoms with Gasteiger partial charge in [-0.05, 0) is 80.5 Å². The Labute approximate surface area is 169 Å². The van der Waals surface area contributed by atoms with Gasteiger partial charge in [-0.3, -0.25) is 0 Å². The molecule has 2 aromatic carbocycles. The molecule has 28 heavy (non-hydrogen) atoms. The van der Waals surface area contributed by atoms with Crippen LogP contribution in [0.2, 0.25) is 0 Å². The van der Waals surface area contributed by atoms with E-state index in [-0.39, 0.29) is 11.8 Å². The lowest BCUT2D eigenvalue weighted by Crippen LogP contribution is -2.44. The largest absolute Gasteiger partial charge is 0.462 e. The summed E-state index contributed by atoms with van der Waals surface area (Å²) in [5.74, 6) is -0.556. The van der Waals surface area contributed by atoms with Crippen LogP contribution < -0.4 is 10.6 Å². The zero-order chi connectivity index (χ0) is 19.9. The minimum atomic E-state index is -0.327. The number of hydrogen-bond donors (Lipinski definition) is 2. The highest BCUT2D eigenvalue weighted by molar-refractivity contribution is 7.80. The molecule has 0 aromatic heterocycles. The first-order valence-electron chi connectivity index (χ1n) is 9.40. The van der Waals surface area contributed by atoms with E-state index in [0.717, 1.165) is 37.3 Å². The normalized spacial score (nSPS) is 14.4. The Morgan fingerprint density at radius 2 is 1.71 bits per heavy atom. The van der Waals surface area contributed by atoms with Crippen LogP contribution in [0.5, 0.6) is 0 Å². The minimum Gasteiger partial charge on any atom is -0.462 e. The van der Waals surface area contributed by atoms with Gasteiger partial charge in [0.25, 0.3) is 0 Å². The van der Waals surface area contributed by atoms with Gasteiger partial charge in [-0.25, -0.2) is 9.18 Å². The van der Waals surface area contributed by atoms with Gasteiger partial charge >= 0.3 is 5.97 Å². The molecule has 0 bridgehead atoms. The maximum Gasteiger partial charge on any atom is 0.338 e. The van der Waals surface area contributed by atoms with Crippen LogP contribution in [0, 0.1) is 5.82 Å². The van der Waals surface area contributed by atoms with E-state index in [0.29, 0.717) is 23.3 Å². The molecule has 1 heterocycles. The van der Waals surface area contributed by atoms with E-state index in [1.54, 1.807) is 31.2 Å². The van der Waals surface area contributed by atoms with Gasteiger partial charge in [0.15, 0.2) is 5.11 Å². The number of rotatable bonds is 5. The summed E-state index contributed by atoms with van der Waals surface area (Å²) in [6.07, 6.45) is 1.89. The number of nitrogens with zero attached hydrogens (tertiary/aromatic N) is 1. The Bertz CT molecular complexity index is 803. The lowest BCUT2D eigenvalue weighted by molar-refractivity contribution is 0.0526. The number of anilines is 2. The summed E-state index contributed by atoms with van der Waals surface area (Å²) in [6, 6.07) is 13.9. The Balaban J connectivity index is 1.47. The van der Waals surface area contributed by atoms with Crippen molar-refractivity contribution < 1.29 is 13.9 Å². The maximum absolute atomic E-state index is 13.0. The highest BCUT2D eigenvalue weighted by atomic mass is 32.1. The Hall–Kier alpha value is -2.67. The standard InChI is InChI=1S/C21H24FN3O2S/c1-2-27-20(26)15-3-7-18(8-4-15)24-21(28)25-13-11-19(12-14-25)23-17-9-5-16(22)6-10-17/h3-10,19,23H,2,11-14H2,1H3,(H,24,28). The Kier molecular flexibility index (Phi) is 6.81. The molecule has 0 unspecified atom stereocenters. The van der Waals surface area contributed by atoms with E-state index in [1.807, 2.05) is 12.1 Å². The first-order valence-corrected chi connectivity index (χ1v) is 9.81. The van der Waals surface area contributed by atoms with Gasteiger partial charge in [-0.15, -0.1) is 0 Å². The summed E-state index contributed by atoms with van der Waals surface area (Å²) in [7, 11) is 0. The van der Waals surface area contributed by atoms with Crippen LogP contribution >= 0.6 is 12.2 Å². The molecule has 1 fully saturated rings. The second kappa shape index (κ2) is 9.50. The molecular weight excluding hydrogens is 377 g/mol. The quantitative estimate of drug-likeness (QED) is 0.576. The van der Waals surface area contributed by atoms with Gasteiger partial charge < -0.3 is 20.3 Å². The fourth-order valence-electron chi connectivity index (χ4n) is 3.12. The maximum atomic E-state index is 13.0. The van der Waals surface area contributed by atoms with E-state index in [2.05, 4.69) is 15.5 Å². The lowest BCUT2D eigenvalue weighted by atomic mass is 10.0. The fraction of sp³-hybridized carbons (Fsp3) is 0.333. The van der Waals surface area contributed by atoms with Crippen molar-refractivity contribution in [3.63, 3.8) is 0 Å². The number of piperidine rings is 1. The van der Waals surface area contributed by atoms with Gasteiger partial charge in [-0.1, -0.05) is 0 Å². The van der Waals surface area contributed by atoms with E-state index in [4.69, 9.17) is 17.0 Å². The smallest absolute Gasteiger partial charge is 0.338 e. The van der Waals surface area contributed by atoms with Gasteiger partial charge in [0.2, 0.25) is 0 Å². The SMILES string of the molecule is CCOC(=O)c1ccc(NC(=S)N2CCC(Nc3ccc(F)cc3)CC2)cc1. The predicted octanol–water partition coefficient (Wildman–Crippen LogP) is 4.28. The van der Waals surface area contributed by atoms with Crippen LogP contribution in [0.15, 0.2) is 48.5 Å². The molecule has 0 saturated carbocycles. The number of nitrogens with one attached hydrogen (secondary N) is 2. The van der Waals surface area contributed by atoms with Gasteiger partial charge in [0.05, 0.1) is 12.2 Å². The van der Waals surface area contributed by atoms with Crippen molar-refractivity contribution in [2.45, 2.75) is 25.8 Å². The average Bonchev–Trinajstić information content (AvgIpc) is 2.71. The third-order valence-electron chi connectivity index (χ3n) is 4.64. The third-order valence-corrected chi connectivity index (χ3v) is 5.00. The number of benzene rings is 2. The van der Waals surface area contributed by atoms with Crippen molar-refractivity contribution in [3.05, 3.63) is 59.9 Å². The van der Waals surface area contributed by atoms with Crippen LogP contribution in [0.3, 0.4) is 0 Å². The number of ether oxygens (including phenoxy) is 1. The van der Waals surface area contributed by atoms with Crippen molar-refractivity contribution in [1.82, 2.24) is 4.90 Å². The van der Waals surface area contributed by atoms with Crippen molar-refractivity contribution in [2.75, 3.05) is 30.3 Å². The molecular formula is C21H24FN3O2S. The van der Waals surface area contributed by atoms with Gasteiger partial charge in [0.1, 0.15) is 5.82 Å². The molecule has 1 aliphatic rings. The van der Waals surface area contributed by atoms with E-state index < -0.39 is 0 Å². The fourth-order valence-corrected chi connectivity index (χ4v) is 3.42. The number of halogens is 1. The summed E-state index contributed by atoms with van der Waals surface area (Å²) in [5.41, 5.74) is 2.29. The van der Waals surface area contributed by atoms with Gasteiger partial charge in [0, 0.05) is 30.5 Å². The molecule has 7 heteroatoms. The first-order chi connectivity index (χ1) is 13.5. The molecule has 0 aliphatic carbocycles. The summed E-state index contributed by atoms with van der Waals surface area (Å²) in [6.45, 7) is 3.82. The molecule has 0 atom stereocenters. The lowest BCUT2D eigenvalue weighted by Gasteiger charge is -2.34. The summed E-state index contributed by atoms with van der Waals surface area (Å²) in [5, 5.41) is 7.34. The monoisotopic (exact) mass is 401 g/mol. The van der Waals surface area contributed by atoms with E-state index in [9.17, 15) is 9.18 Å². The third kappa shape index (κ3) is 5.42. The van der Waals surface area contributed by atoms with Crippen molar-refractivity contribution in [3.8, 4) is 0 Å².